The number of unbranched alkanes of at least 4 members (excludes halogenated alkanes) is 4. The molecule has 0 spiro atoms. The first-order valence-electron chi connectivity index (χ1n) is 11.6. The van der Waals surface area contributed by atoms with E-state index in [1.165, 1.54) is 0 Å². The van der Waals surface area contributed by atoms with E-state index in [0.717, 1.165) is 12.8 Å². The summed E-state index contributed by atoms with van der Waals surface area (Å²) in [7, 11) is 0. The number of rotatable bonds is 14. The first-order valence-corrected chi connectivity index (χ1v) is 11.6. The molecular formula is C27H31N3O5. The molecule has 184 valence electrons. The fraction of sp³-hybridized carbons (Fsp3) is 0.333. The van der Waals surface area contributed by atoms with E-state index < -0.39 is 5.91 Å². The molecule has 0 unspecified atom stereocenters. The molecule has 3 amide bonds. The number of terminal acetylenes is 1. The van der Waals surface area contributed by atoms with Crippen LogP contribution in [0.25, 0.3) is 0 Å². The summed E-state index contributed by atoms with van der Waals surface area (Å²) in [6.45, 7) is 0. The van der Waals surface area contributed by atoms with Crippen LogP contribution in [0.4, 0.5) is 11.4 Å². The molecule has 2 aromatic carbocycles. The predicted octanol–water partition coefficient (Wildman–Crippen LogP) is 4.44. The zero-order valence-electron chi connectivity index (χ0n) is 19.6. The number of hydrogen-bond acceptors (Lipinski definition) is 5. The molecule has 8 nitrogen and oxygen atoms in total. The average Bonchev–Trinajstić information content (AvgIpc) is 2.86. The number of benzene rings is 2. The quantitative estimate of drug-likeness (QED) is 0.105. The second-order valence-corrected chi connectivity index (χ2v) is 8.09. The molecule has 0 aromatic heterocycles. The Kier molecular flexibility index (Phi) is 11.7. The first kappa shape index (κ1) is 27.3. The van der Waals surface area contributed by atoms with Gasteiger partial charge in [-0.15, -0.1) is 12.3 Å². The number of carbonyl (C=O) groups is 4. The van der Waals surface area contributed by atoms with E-state index in [2.05, 4.69) is 16.6 Å². The molecule has 2 aromatic rings. The van der Waals surface area contributed by atoms with Crippen LogP contribution in [0.1, 0.15) is 73.7 Å². The zero-order chi connectivity index (χ0) is 25.5. The van der Waals surface area contributed by atoms with E-state index in [1.807, 2.05) is 0 Å². The van der Waals surface area contributed by atoms with E-state index in [-0.39, 0.29) is 24.0 Å². The lowest BCUT2D eigenvalue weighted by atomic mass is 10.0. The van der Waals surface area contributed by atoms with Crippen molar-refractivity contribution in [3.63, 3.8) is 0 Å². The Labute approximate surface area is 205 Å². The van der Waals surface area contributed by atoms with Crippen molar-refractivity contribution in [2.45, 2.75) is 57.8 Å². The van der Waals surface area contributed by atoms with Crippen LogP contribution in [0.3, 0.4) is 0 Å². The van der Waals surface area contributed by atoms with E-state index in [0.29, 0.717) is 61.0 Å². The van der Waals surface area contributed by atoms with Crippen molar-refractivity contribution >= 4 is 34.9 Å². The number of amides is 3. The minimum absolute atomic E-state index is 0.117. The van der Waals surface area contributed by atoms with Gasteiger partial charge in [-0.1, -0.05) is 12.8 Å². The maximum absolute atomic E-state index is 12.7. The summed E-state index contributed by atoms with van der Waals surface area (Å²) < 4.78 is 0. The Morgan fingerprint density at radius 2 is 1.09 bits per heavy atom. The van der Waals surface area contributed by atoms with Gasteiger partial charge in [-0.3, -0.25) is 24.4 Å². The maximum Gasteiger partial charge on any atom is 0.243 e. The third-order valence-electron chi connectivity index (χ3n) is 5.27. The van der Waals surface area contributed by atoms with Crippen molar-refractivity contribution in [3.8, 4) is 12.3 Å². The molecule has 35 heavy (non-hydrogen) atoms. The van der Waals surface area contributed by atoms with Gasteiger partial charge < -0.3 is 10.6 Å². The maximum atomic E-state index is 12.7. The zero-order valence-corrected chi connectivity index (χ0v) is 19.6. The number of carbonyl (C=O) groups excluding carboxylic acids is 4. The number of hydrogen-bond donors (Lipinski definition) is 4. The van der Waals surface area contributed by atoms with Crippen molar-refractivity contribution in [3.05, 3.63) is 59.7 Å². The van der Waals surface area contributed by atoms with Crippen LogP contribution in [0, 0.1) is 12.3 Å². The lowest BCUT2D eigenvalue weighted by Gasteiger charge is -2.08. The first-order chi connectivity index (χ1) is 16.9. The molecule has 0 aliphatic heterocycles. The Hall–Kier alpha value is -3.96. The summed E-state index contributed by atoms with van der Waals surface area (Å²) in [5.41, 5.74) is 3.79. The van der Waals surface area contributed by atoms with Crippen LogP contribution >= 0.6 is 0 Å². The van der Waals surface area contributed by atoms with Gasteiger partial charge in [0.25, 0.3) is 0 Å². The van der Waals surface area contributed by atoms with Crippen LogP contribution in [0.2, 0.25) is 0 Å². The highest BCUT2D eigenvalue weighted by molar-refractivity contribution is 6.09. The van der Waals surface area contributed by atoms with Gasteiger partial charge >= 0.3 is 0 Å². The highest BCUT2D eigenvalue weighted by Gasteiger charge is 2.11. The van der Waals surface area contributed by atoms with Gasteiger partial charge in [-0.25, -0.2) is 5.48 Å². The van der Waals surface area contributed by atoms with Gasteiger partial charge in [0.15, 0.2) is 5.78 Å². The van der Waals surface area contributed by atoms with Crippen molar-refractivity contribution < 1.29 is 24.4 Å². The van der Waals surface area contributed by atoms with Crippen molar-refractivity contribution in [1.29, 1.82) is 0 Å². The monoisotopic (exact) mass is 477 g/mol. The topological polar surface area (TPSA) is 125 Å². The normalized spacial score (nSPS) is 10.2. The van der Waals surface area contributed by atoms with E-state index in [4.69, 9.17) is 11.6 Å². The highest BCUT2D eigenvalue weighted by atomic mass is 16.5. The SMILES string of the molecule is C#CCCCC(=O)Nc1ccc(C(=O)c2ccc(NC(=O)CCCCCCC(=O)NO)cc2)cc1. The van der Waals surface area contributed by atoms with Crippen molar-refractivity contribution in [1.82, 2.24) is 5.48 Å². The highest BCUT2D eigenvalue weighted by Crippen LogP contribution is 2.17. The molecule has 0 saturated carbocycles. The minimum Gasteiger partial charge on any atom is -0.326 e. The van der Waals surface area contributed by atoms with Gasteiger partial charge in [0, 0.05) is 48.2 Å². The summed E-state index contributed by atoms with van der Waals surface area (Å²) in [5.74, 6) is 1.69. The molecule has 0 heterocycles. The molecular weight excluding hydrogens is 446 g/mol. The lowest BCUT2D eigenvalue weighted by molar-refractivity contribution is -0.129. The van der Waals surface area contributed by atoms with Crippen LogP contribution < -0.4 is 16.1 Å². The summed E-state index contributed by atoms with van der Waals surface area (Å²) in [4.78, 5) is 47.6. The number of nitrogens with one attached hydrogen (secondary N) is 3. The van der Waals surface area contributed by atoms with Crippen molar-refractivity contribution in [2.24, 2.45) is 0 Å². The molecule has 0 aliphatic rings. The molecule has 0 aliphatic carbocycles. The third-order valence-corrected chi connectivity index (χ3v) is 5.27. The summed E-state index contributed by atoms with van der Waals surface area (Å²) in [5, 5.41) is 14.0. The third kappa shape index (κ3) is 10.2. The Balaban J connectivity index is 1.77. The summed E-state index contributed by atoms with van der Waals surface area (Å²) in [6, 6.07) is 13.4. The molecule has 0 fully saturated rings. The van der Waals surface area contributed by atoms with Crippen molar-refractivity contribution in [2.75, 3.05) is 10.6 Å². The van der Waals surface area contributed by atoms with Gasteiger partial charge in [0.05, 0.1) is 0 Å². The molecule has 8 heteroatoms. The Morgan fingerprint density at radius 1 is 0.657 bits per heavy atom. The van der Waals surface area contributed by atoms with E-state index in [1.54, 1.807) is 54.0 Å². The lowest BCUT2D eigenvalue weighted by Crippen LogP contribution is -2.17. The summed E-state index contributed by atoms with van der Waals surface area (Å²) in [6.07, 6.45) is 10.3. The standard InChI is InChI=1S/C27H31N3O5/c1-2-3-6-9-24(31)28-22-16-12-20(13-17-22)27(34)21-14-18-23(19-15-21)29-25(32)10-7-4-5-8-11-26(33)30-35/h1,12-19,35H,3-11H2,(H,28,31)(H,29,32)(H,30,33). The van der Waals surface area contributed by atoms with Crippen LogP contribution in [-0.2, 0) is 14.4 Å². The number of ketones is 1. The second-order valence-electron chi connectivity index (χ2n) is 8.09. The average molecular weight is 478 g/mol. The predicted molar refractivity (Wildman–Crippen MR) is 134 cm³/mol. The summed E-state index contributed by atoms with van der Waals surface area (Å²) >= 11 is 0. The molecule has 0 atom stereocenters. The molecule has 2 rings (SSSR count). The van der Waals surface area contributed by atoms with Crippen LogP contribution in [0.5, 0.6) is 0 Å². The van der Waals surface area contributed by atoms with Gasteiger partial charge in [0.1, 0.15) is 0 Å². The Morgan fingerprint density at radius 3 is 1.51 bits per heavy atom. The fourth-order valence-corrected chi connectivity index (χ4v) is 3.36. The smallest absolute Gasteiger partial charge is 0.243 e. The molecule has 0 bridgehead atoms. The molecule has 4 N–H and O–H groups in total. The fourth-order valence-electron chi connectivity index (χ4n) is 3.36. The second kappa shape index (κ2) is 15.0. The van der Waals surface area contributed by atoms with E-state index in [9.17, 15) is 19.2 Å². The van der Waals surface area contributed by atoms with Crippen LogP contribution in [0.15, 0.2) is 48.5 Å². The van der Waals surface area contributed by atoms with Crippen LogP contribution in [-0.4, -0.2) is 28.7 Å². The molecule has 0 radical (unpaired) electrons. The van der Waals surface area contributed by atoms with Gasteiger partial charge in [-0.2, -0.15) is 0 Å². The number of hydroxylamine groups is 1. The Bertz CT molecular complexity index is 1040. The van der Waals surface area contributed by atoms with Gasteiger partial charge in [0.2, 0.25) is 17.7 Å². The van der Waals surface area contributed by atoms with Gasteiger partial charge in [-0.05, 0) is 67.8 Å². The number of anilines is 2. The largest absolute Gasteiger partial charge is 0.326 e. The minimum atomic E-state index is -0.405. The molecule has 0 saturated heterocycles. The van der Waals surface area contributed by atoms with E-state index >= 15 is 0 Å².